The first-order valence-electron chi connectivity index (χ1n) is 5.47. The number of para-hydroxylation sites is 1. The minimum atomic E-state index is -0.827. The predicted molar refractivity (Wildman–Crippen MR) is 80.2 cm³/mol. The van der Waals surface area contributed by atoms with Crippen molar-refractivity contribution in [1.29, 1.82) is 0 Å². The van der Waals surface area contributed by atoms with Gasteiger partial charge in [0.2, 0.25) is 0 Å². The molecular weight excluding hydrogens is 341 g/mol. The zero-order valence-corrected chi connectivity index (χ0v) is 11.7. The standard InChI is InChI=1S/C14H12INO2/c15-11-5-3-6-12(9-11)16-13-7-2-1-4-10(13)8-14(17)18/h1-7,9,16H,8H2,(H,17,18). The zero-order chi connectivity index (χ0) is 13.0. The lowest BCUT2D eigenvalue weighted by atomic mass is 10.1. The van der Waals surface area contributed by atoms with Gasteiger partial charge in [0.05, 0.1) is 6.42 Å². The first kappa shape index (κ1) is 12.9. The summed E-state index contributed by atoms with van der Waals surface area (Å²) in [6.07, 6.45) is 0.0209. The van der Waals surface area contributed by atoms with Crippen molar-refractivity contribution in [2.24, 2.45) is 0 Å². The van der Waals surface area contributed by atoms with E-state index in [4.69, 9.17) is 5.11 Å². The summed E-state index contributed by atoms with van der Waals surface area (Å²) >= 11 is 2.24. The van der Waals surface area contributed by atoms with Crippen molar-refractivity contribution in [2.45, 2.75) is 6.42 Å². The quantitative estimate of drug-likeness (QED) is 0.825. The van der Waals surface area contributed by atoms with E-state index in [2.05, 4.69) is 27.9 Å². The Bertz CT molecular complexity index is 569. The van der Waals surface area contributed by atoms with E-state index >= 15 is 0 Å². The number of aliphatic carboxylic acids is 1. The number of rotatable bonds is 4. The second kappa shape index (κ2) is 5.86. The summed E-state index contributed by atoms with van der Waals surface area (Å²) in [7, 11) is 0. The molecule has 0 aliphatic carbocycles. The number of carbonyl (C=O) groups is 1. The van der Waals surface area contributed by atoms with E-state index in [9.17, 15) is 4.79 Å². The van der Waals surface area contributed by atoms with Crippen molar-refractivity contribution in [3.05, 3.63) is 57.7 Å². The predicted octanol–water partition coefficient (Wildman–Crippen LogP) is 3.66. The molecule has 92 valence electrons. The van der Waals surface area contributed by atoms with Gasteiger partial charge in [0.1, 0.15) is 0 Å². The Morgan fingerprint density at radius 2 is 1.94 bits per heavy atom. The second-order valence-corrected chi connectivity index (χ2v) is 5.11. The van der Waals surface area contributed by atoms with Crippen LogP contribution in [0, 0.1) is 3.57 Å². The second-order valence-electron chi connectivity index (χ2n) is 3.86. The molecular formula is C14H12INO2. The van der Waals surface area contributed by atoms with Crippen molar-refractivity contribution in [3.63, 3.8) is 0 Å². The molecule has 0 heterocycles. The Hall–Kier alpha value is -1.56. The van der Waals surface area contributed by atoms with Gasteiger partial charge in [-0.3, -0.25) is 4.79 Å². The number of anilines is 2. The van der Waals surface area contributed by atoms with Crippen LogP contribution < -0.4 is 5.32 Å². The maximum Gasteiger partial charge on any atom is 0.307 e. The highest BCUT2D eigenvalue weighted by Crippen LogP contribution is 2.22. The third kappa shape index (κ3) is 3.46. The molecule has 4 heteroatoms. The minimum Gasteiger partial charge on any atom is -0.481 e. The molecule has 2 aromatic carbocycles. The van der Waals surface area contributed by atoms with E-state index in [-0.39, 0.29) is 6.42 Å². The molecule has 0 amide bonds. The normalized spacial score (nSPS) is 10.1. The van der Waals surface area contributed by atoms with Crippen molar-refractivity contribution < 1.29 is 9.90 Å². The SMILES string of the molecule is O=C(O)Cc1ccccc1Nc1cccc(I)c1. The topological polar surface area (TPSA) is 49.3 Å². The molecule has 0 aliphatic heterocycles. The first-order valence-corrected chi connectivity index (χ1v) is 6.55. The molecule has 0 fully saturated rings. The summed E-state index contributed by atoms with van der Waals surface area (Å²) in [4.78, 5) is 10.8. The van der Waals surface area contributed by atoms with Gasteiger partial charge in [0.25, 0.3) is 0 Å². The van der Waals surface area contributed by atoms with Gasteiger partial charge in [-0.25, -0.2) is 0 Å². The van der Waals surface area contributed by atoms with Crippen molar-refractivity contribution >= 4 is 39.9 Å². The van der Waals surface area contributed by atoms with Gasteiger partial charge < -0.3 is 10.4 Å². The summed E-state index contributed by atoms with van der Waals surface area (Å²) < 4.78 is 1.13. The van der Waals surface area contributed by atoms with Gasteiger partial charge in [0, 0.05) is 14.9 Å². The van der Waals surface area contributed by atoms with E-state index in [0.717, 1.165) is 20.5 Å². The van der Waals surface area contributed by atoms with Crippen LogP contribution in [0.5, 0.6) is 0 Å². The molecule has 0 bridgehead atoms. The smallest absolute Gasteiger partial charge is 0.307 e. The summed E-state index contributed by atoms with van der Waals surface area (Å²) in [5.74, 6) is -0.827. The van der Waals surface area contributed by atoms with Crippen molar-refractivity contribution in [1.82, 2.24) is 0 Å². The first-order chi connectivity index (χ1) is 8.65. The van der Waals surface area contributed by atoms with Crippen LogP contribution >= 0.6 is 22.6 Å². The fraction of sp³-hybridized carbons (Fsp3) is 0.0714. The Balaban J connectivity index is 2.26. The molecule has 0 atom stereocenters. The molecule has 3 nitrogen and oxygen atoms in total. The highest BCUT2D eigenvalue weighted by molar-refractivity contribution is 14.1. The monoisotopic (exact) mass is 353 g/mol. The molecule has 2 aromatic rings. The third-order valence-corrected chi connectivity index (χ3v) is 3.13. The summed E-state index contributed by atoms with van der Waals surface area (Å²) in [6, 6.07) is 15.4. The largest absolute Gasteiger partial charge is 0.481 e. The Kier molecular flexibility index (Phi) is 4.19. The van der Waals surface area contributed by atoms with Gasteiger partial charge in [-0.2, -0.15) is 0 Å². The van der Waals surface area contributed by atoms with Gasteiger partial charge in [0.15, 0.2) is 0 Å². The number of hydrogen-bond donors (Lipinski definition) is 2. The molecule has 0 aromatic heterocycles. The van der Waals surface area contributed by atoms with Gasteiger partial charge in [-0.1, -0.05) is 24.3 Å². The average Bonchev–Trinajstić information content (AvgIpc) is 2.31. The zero-order valence-electron chi connectivity index (χ0n) is 9.56. The third-order valence-electron chi connectivity index (χ3n) is 2.46. The number of carboxylic acid groups (broad SMARTS) is 1. The molecule has 18 heavy (non-hydrogen) atoms. The Morgan fingerprint density at radius 3 is 2.67 bits per heavy atom. The van der Waals surface area contributed by atoms with Crippen LogP contribution in [-0.4, -0.2) is 11.1 Å². The lowest BCUT2D eigenvalue weighted by molar-refractivity contribution is -0.136. The maximum absolute atomic E-state index is 10.8. The number of benzene rings is 2. The highest BCUT2D eigenvalue weighted by Gasteiger charge is 2.06. The average molecular weight is 353 g/mol. The van der Waals surface area contributed by atoms with E-state index in [0.29, 0.717) is 0 Å². The summed E-state index contributed by atoms with van der Waals surface area (Å²) in [6.45, 7) is 0. The van der Waals surface area contributed by atoms with Crippen LogP contribution in [0.4, 0.5) is 11.4 Å². The Morgan fingerprint density at radius 1 is 1.17 bits per heavy atom. The number of carboxylic acids is 1. The van der Waals surface area contributed by atoms with E-state index < -0.39 is 5.97 Å². The molecule has 2 N–H and O–H groups in total. The van der Waals surface area contributed by atoms with E-state index in [1.807, 2.05) is 48.5 Å². The lowest BCUT2D eigenvalue weighted by Gasteiger charge is -2.11. The van der Waals surface area contributed by atoms with Crippen LogP contribution in [0.25, 0.3) is 0 Å². The van der Waals surface area contributed by atoms with Crippen LogP contribution in [0.1, 0.15) is 5.56 Å². The fourth-order valence-corrected chi connectivity index (χ4v) is 2.22. The van der Waals surface area contributed by atoms with Crippen LogP contribution in [0.15, 0.2) is 48.5 Å². The Labute approximate surface area is 119 Å². The number of hydrogen-bond acceptors (Lipinski definition) is 2. The van der Waals surface area contributed by atoms with Gasteiger partial charge in [-0.05, 0) is 52.4 Å². The molecule has 0 saturated heterocycles. The van der Waals surface area contributed by atoms with E-state index in [1.54, 1.807) is 0 Å². The molecule has 0 radical (unpaired) electrons. The molecule has 0 unspecified atom stereocenters. The van der Waals surface area contributed by atoms with Crippen molar-refractivity contribution in [2.75, 3.05) is 5.32 Å². The number of halogens is 1. The molecule has 0 saturated carbocycles. The van der Waals surface area contributed by atoms with Crippen LogP contribution in [0.3, 0.4) is 0 Å². The van der Waals surface area contributed by atoms with Gasteiger partial charge >= 0.3 is 5.97 Å². The molecule has 2 rings (SSSR count). The maximum atomic E-state index is 10.8. The summed E-state index contributed by atoms with van der Waals surface area (Å²) in [5, 5.41) is 12.1. The molecule has 0 spiro atoms. The fourth-order valence-electron chi connectivity index (χ4n) is 1.68. The molecule has 0 aliphatic rings. The van der Waals surface area contributed by atoms with Crippen LogP contribution in [0.2, 0.25) is 0 Å². The lowest BCUT2D eigenvalue weighted by Crippen LogP contribution is -2.03. The van der Waals surface area contributed by atoms with Crippen LogP contribution in [-0.2, 0) is 11.2 Å². The summed E-state index contributed by atoms with van der Waals surface area (Å²) in [5.41, 5.74) is 2.57. The minimum absolute atomic E-state index is 0.0209. The van der Waals surface area contributed by atoms with E-state index in [1.165, 1.54) is 0 Å². The van der Waals surface area contributed by atoms with Gasteiger partial charge in [-0.15, -0.1) is 0 Å². The highest BCUT2D eigenvalue weighted by atomic mass is 127. The number of nitrogens with one attached hydrogen (secondary N) is 1. The van der Waals surface area contributed by atoms with Crippen molar-refractivity contribution in [3.8, 4) is 0 Å².